The third-order valence-corrected chi connectivity index (χ3v) is 5.01. The summed E-state index contributed by atoms with van der Waals surface area (Å²) in [6.45, 7) is 5.71. The summed E-state index contributed by atoms with van der Waals surface area (Å²) >= 11 is 0. The number of carbonyl (C=O) groups excluding carboxylic acids is 1. The van der Waals surface area contributed by atoms with E-state index in [0.717, 1.165) is 49.1 Å². The molecule has 1 aromatic carbocycles. The highest BCUT2D eigenvalue weighted by molar-refractivity contribution is 5.92. The molecule has 1 aliphatic heterocycles. The Balaban J connectivity index is 1.32. The summed E-state index contributed by atoms with van der Waals surface area (Å²) in [5.41, 5.74) is 2.55. The fourth-order valence-electron chi connectivity index (χ4n) is 3.27. The van der Waals surface area contributed by atoms with Crippen molar-refractivity contribution >= 4 is 17.7 Å². The van der Waals surface area contributed by atoms with Crippen LogP contribution in [0.5, 0.6) is 0 Å². The molecule has 1 saturated heterocycles. The molecular formula is C21H23N7O. The van der Waals surface area contributed by atoms with E-state index in [1.165, 1.54) is 6.20 Å². The second-order valence-corrected chi connectivity index (χ2v) is 6.89. The number of aromatic nitrogens is 4. The third kappa shape index (κ3) is 4.48. The van der Waals surface area contributed by atoms with Crippen molar-refractivity contribution in [1.29, 1.82) is 0 Å². The van der Waals surface area contributed by atoms with Gasteiger partial charge in [0.25, 0.3) is 5.91 Å². The molecule has 8 heteroatoms. The molecule has 3 heterocycles. The second kappa shape index (κ2) is 8.64. The zero-order chi connectivity index (χ0) is 20.1. The summed E-state index contributed by atoms with van der Waals surface area (Å²) in [6.07, 6.45) is 6.71. The summed E-state index contributed by atoms with van der Waals surface area (Å²) < 4.78 is 0. The van der Waals surface area contributed by atoms with E-state index in [2.05, 4.69) is 35.1 Å². The fraction of sp³-hybridized carbons (Fsp3) is 0.286. The Bertz CT molecular complexity index is 954. The Morgan fingerprint density at radius 3 is 2.34 bits per heavy atom. The molecule has 2 aromatic heterocycles. The number of piperazine rings is 1. The van der Waals surface area contributed by atoms with Gasteiger partial charge < -0.3 is 15.1 Å². The number of hydrogen-bond donors (Lipinski definition) is 1. The van der Waals surface area contributed by atoms with Gasteiger partial charge in [0.1, 0.15) is 11.5 Å². The van der Waals surface area contributed by atoms with Gasteiger partial charge >= 0.3 is 0 Å². The molecule has 0 spiro atoms. The van der Waals surface area contributed by atoms with Gasteiger partial charge in [-0.2, -0.15) is 0 Å². The van der Waals surface area contributed by atoms with E-state index >= 15 is 0 Å². The maximum absolute atomic E-state index is 12.4. The lowest BCUT2D eigenvalue weighted by Crippen LogP contribution is -2.47. The van der Waals surface area contributed by atoms with Crippen LogP contribution < -0.4 is 15.1 Å². The maximum Gasteiger partial charge on any atom is 0.271 e. The van der Waals surface area contributed by atoms with Crippen LogP contribution in [-0.4, -0.2) is 52.0 Å². The number of nitrogens with one attached hydrogen (secondary N) is 1. The molecule has 8 nitrogen and oxygen atoms in total. The first-order valence-corrected chi connectivity index (χ1v) is 9.62. The number of aryl methyl sites for hydroxylation is 1. The van der Waals surface area contributed by atoms with Gasteiger partial charge in [-0.1, -0.05) is 24.3 Å². The largest absolute Gasteiger partial charge is 0.352 e. The Labute approximate surface area is 169 Å². The molecule has 0 unspecified atom stereocenters. The minimum Gasteiger partial charge on any atom is -0.352 e. The van der Waals surface area contributed by atoms with Crippen molar-refractivity contribution in [3.05, 3.63) is 71.9 Å². The topological polar surface area (TPSA) is 87.1 Å². The molecule has 4 rings (SSSR count). The highest BCUT2D eigenvalue weighted by atomic mass is 16.1. The van der Waals surface area contributed by atoms with Crippen LogP contribution in [0, 0.1) is 6.92 Å². The van der Waals surface area contributed by atoms with Crippen molar-refractivity contribution in [2.24, 2.45) is 0 Å². The van der Waals surface area contributed by atoms with Crippen molar-refractivity contribution in [3.8, 4) is 0 Å². The molecule has 1 N–H and O–H groups in total. The summed E-state index contributed by atoms with van der Waals surface area (Å²) in [5, 5.41) is 2.90. The first-order chi connectivity index (χ1) is 14.2. The van der Waals surface area contributed by atoms with Gasteiger partial charge in [0, 0.05) is 45.1 Å². The standard InChI is InChI=1S/C21H23N7O/c1-16-5-2-3-6-17(16)13-26-20(29)18-14-25-19(15-24-18)27-9-11-28(12-10-27)21-22-7-4-8-23-21/h2-8,14-15H,9-13H2,1H3,(H,26,29). The van der Waals surface area contributed by atoms with Crippen molar-refractivity contribution in [3.63, 3.8) is 0 Å². The minimum atomic E-state index is -0.224. The van der Waals surface area contributed by atoms with Crippen molar-refractivity contribution in [2.45, 2.75) is 13.5 Å². The minimum absolute atomic E-state index is 0.224. The Morgan fingerprint density at radius 2 is 1.66 bits per heavy atom. The normalized spacial score (nSPS) is 14.0. The van der Waals surface area contributed by atoms with E-state index in [4.69, 9.17) is 0 Å². The van der Waals surface area contributed by atoms with Gasteiger partial charge in [0.05, 0.1) is 12.4 Å². The second-order valence-electron chi connectivity index (χ2n) is 6.89. The number of carbonyl (C=O) groups is 1. The van der Waals surface area contributed by atoms with Crippen LogP contribution >= 0.6 is 0 Å². The Morgan fingerprint density at radius 1 is 0.931 bits per heavy atom. The molecule has 3 aromatic rings. The van der Waals surface area contributed by atoms with Crippen LogP contribution in [0.15, 0.2) is 55.1 Å². The monoisotopic (exact) mass is 389 g/mol. The van der Waals surface area contributed by atoms with E-state index in [0.29, 0.717) is 12.2 Å². The first-order valence-electron chi connectivity index (χ1n) is 9.62. The first kappa shape index (κ1) is 18.8. The summed E-state index contributed by atoms with van der Waals surface area (Å²) in [4.78, 5) is 34.0. The summed E-state index contributed by atoms with van der Waals surface area (Å²) in [6, 6.07) is 9.79. The predicted molar refractivity (Wildman–Crippen MR) is 111 cm³/mol. The van der Waals surface area contributed by atoms with Crippen LogP contribution in [0.25, 0.3) is 0 Å². The number of amides is 1. The molecule has 148 valence electrons. The quantitative estimate of drug-likeness (QED) is 0.712. The molecule has 29 heavy (non-hydrogen) atoms. The highest BCUT2D eigenvalue weighted by Crippen LogP contribution is 2.15. The maximum atomic E-state index is 12.4. The molecule has 1 fully saturated rings. The SMILES string of the molecule is Cc1ccccc1CNC(=O)c1cnc(N2CCN(c3ncccn3)CC2)cn1. The van der Waals surface area contributed by atoms with Crippen molar-refractivity contribution < 1.29 is 4.79 Å². The number of hydrogen-bond acceptors (Lipinski definition) is 7. The lowest BCUT2D eigenvalue weighted by molar-refractivity contribution is 0.0945. The zero-order valence-corrected chi connectivity index (χ0v) is 16.3. The van der Waals surface area contributed by atoms with E-state index in [9.17, 15) is 4.79 Å². The van der Waals surface area contributed by atoms with Crippen LogP contribution in [0.3, 0.4) is 0 Å². The summed E-state index contributed by atoms with van der Waals surface area (Å²) in [5.74, 6) is 1.30. The molecule has 0 saturated carbocycles. The fourth-order valence-corrected chi connectivity index (χ4v) is 3.27. The van der Waals surface area contributed by atoms with E-state index < -0.39 is 0 Å². The predicted octanol–water partition coefficient (Wildman–Crippen LogP) is 1.83. The molecule has 0 aliphatic carbocycles. The Hall–Kier alpha value is -3.55. The Kier molecular flexibility index (Phi) is 5.60. The molecule has 1 aliphatic rings. The van der Waals surface area contributed by atoms with Gasteiger partial charge in [-0.3, -0.25) is 4.79 Å². The van der Waals surface area contributed by atoms with Crippen molar-refractivity contribution in [1.82, 2.24) is 25.3 Å². The van der Waals surface area contributed by atoms with E-state index in [1.54, 1.807) is 18.6 Å². The average Bonchev–Trinajstić information content (AvgIpc) is 2.79. The number of rotatable bonds is 5. The van der Waals surface area contributed by atoms with E-state index in [-0.39, 0.29) is 5.91 Å². The van der Waals surface area contributed by atoms with Crippen LogP contribution in [0.1, 0.15) is 21.6 Å². The zero-order valence-electron chi connectivity index (χ0n) is 16.3. The van der Waals surface area contributed by atoms with Gasteiger partial charge in [-0.05, 0) is 24.1 Å². The number of benzene rings is 1. The van der Waals surface area contributed by atoms with Crippen LogP contribution in [-0.2, 0) is 6.54 Å². The van der Waals surface area contributed by atoms with Gasteiger partial charge in [0.15, 0.2) is 0 Å². The lowest BCUT2D eigenvalue weighted by Gasteiger charge is -2.35. The average molecular weight is 389 g/mol. The van der Waals surface area contributed by atoms with Gasteiger partial charge in [0.2, 0.25) is 5.95 Å². The lowest BCUT2D eigenvalue weighted by atomic mass is 10.1. The number of nitrogens with zero attached hydrogens (tertiary/aromatic N) is 6. The van der Waals surface area contributed by atoms with Crippen molar-refractivity contribution in [2.75, 3.05) is 36.0 Å². The van der Waals surface area contributed by atoms with Crippen LogP contribution in [0.4, 0.5) is 11.8 Å². The molecule has 0 bridgehead atoms. The van der Waals surface area contributed by atoms with Gasteiger partial charge in [-0.15, -0.1) is 0 Å². The number of anilines is 2. The smallest absolute Gasteiger partial charge is 0.271 e. The van der Waals surface area contributed by atoms with Gasteiger partial charge in [-0.25, -0.2) is 19.9 Å². The van der Waals surface area contributed by atoms with Crippen LogP contribution in [0.2, 0.25) is 0 Å². The highest BCUT2D eigenvalue weighted by Gasteiger charge is 2.20. The molecule has 0 radical (unpaired) electrons. The third-order valence-electron chi connectivity index (χ3n) is 5.01. The van der Waals surface area contributed by atoms with E-state index in [1.807, 2.05) is 37.3 Å². The molecular weight excluding hydrogens is 366 g/mol. The summed E-state index contributed by atoms with van der Waals surface area (Å²) in [7, 11) is 0. The molecule has 0 atom stereocenters. The molecule has 1 amide bonds.